The van der Waals surface area contributed by atoms with Crippen LogP contribution in [0.1, 0.15) is 29.5 Å². The van der Waals surface area contributed by atoms with E-state index in [1.54, 1.807) is 6.20 Å². The maximum absolute atomic E-state index is 6.34. The molecule has 0 aliphatic heterocycles. The maximum atomic E-state index is 6.34. The number of H-pyrrole nitrogens is 1. The number of benzene rings is 1. The largest absolute Gasteiger partial charge is 0.490 e. The van der Waals surface area contributed by atoms with Gasteiger partial charge in [0.25, 0.3) is 0 Å². The van der Waals surface area contributed by atoms with Crippen molar-refractivity contribution in [3.63, 3.8) is 0 Å². The van der Waals surface area contributed by atoms with Crippen LogP contribution in [0.4, 0.5) is 5.82 Å². The van der Waals surface area contributed by atoms with Crippen LogP contribution < -0.4 is 15.8 Å². The van der Waals surface area contributed by atoms with Gasteiger partial charge in [0.15, 0.2) is 0 Å². The van der Waals surface area contributed by atoms with Gasteiger partial charge in [-0.05, 0) is 60.2 Å². The summed E-state index contributed by atoms with van der Waals surface area (Å²) in [6, 6.07) is 14.8. The monoisotopic (exact) mass is 425 g/mol. The van der Waals surface area contributed by atoms with Gasteiger partial charge in [0.05, 0.1) is 6.20 Å². The highest BCUT2D eigenvalue weighted by Gasteiger charge is 2.21. The van der Waals surface area contributed by atoms with Gasteiger partial charge in [0.1, 0.15) is 18.2 Å². The summed E-state index contributed by atoms with van der Waals surface area (Å²) in [6.07, 6.45) is 14.7. The van der Waals surface area contributed by atoms with Gasteiger partial charge in [0.2, 0.25) is 0 Å². The van der Waals surface area contributed by atoms with Crippen molar-refractivity contribution < 1.29 is 4.74 Å². The summed E-state index contributed by atoms with van der Waals surface area (Å²) in [5.41, 5.74) is 10.7. The molecule has 0 spiro atoms. The minimum atomic E-state index is -0.109. The fraction of sp³-hybridized carbons (Fsp3) is 0.231. The number of anilines is 1. The fourth-order valence-electron chi connectivity index (χ4n) is 3.71. The van der Waals surface area contributed by atoms with Crippen LogP contribution in [0.2, 0.25) is 0 Å². The van der Waals surface area contributed by atoms with E-state index in [0.717, 1.165) is 28.9 Å². The molecule has 4 N–H and O–H groups in total. The number of aromatic nitrogens is 3. The lowest BCUT2D eigenvalue weighted by Gasteiger charge is -2.13. The van der Waals surface area contributed by atoms with Crippen LogP contribution in [0.25, 0.3) is 23.1 Å². The SMILES string of the molecule is N[C@H](COc1cncc(C=Cc2ccnc(NC3CC3)c2)c1)Cc1c[nH]c2ccccc12. The van der Waals surface area contributed by atoms with Gasteiger partial charge >= 0.3 is 0 Å². The molecule has 1 aromatic carbocycles. The normalized spacial score (nSPS) is 14.7. The Kier molecular flexibility index (Phi) is 5.85. The predicted octanol–water partition coefficient (Wildman–Crippen LogP) is 4.65. The van der Waals surface area contributed by atoms with Gasteiger partial charge in [-0.15, -0.1) is 0 Å². The van der Waals surface area contributed by atoms with Crippen molar-refractivity contribution in [2.75, 3.05) is 11.9 Å². The van der Waals surface area contributed by atoms with Crippen molar-refractivity contribution in [1.82, 2.24) is 15.0 Å². The number of hydrogen-bond donors (Lipinski definition) is 3. The maximum Gasteiger partial charge on any atom is 0.138 e. The molecule has 162 valence electrons. The van der Waals surface area contributed by atoms with Gasteiger partial charge in [-0.2, -0.15) is 0 Å². The van der Waals surface area contributed by atoms with Crippen LogP contribution in [0.5, 0.6) is 5.75 Å². The highest BCUT2D eigenvalue weighted by atomic mass is 16.5. The van der Waals surface area contributed by atoms with E-state index in [-0.39, 0.29) is 6.04 Å². The van der Waals surface area contributed by atoms with Gasteiger partial charge < -0.3 is 20.8 Å². The average molecular weight is 426 g/mol. The summed E-state index contributed by atoms with van der Waals surface area (Å²) in [5.74, 6) is 1.64. The highest BCUT2D eigenvalue weighted by molar-refractivity contribution is 5.83. The van der Waals surface area contributed by atoms with E-state index < -0.39 is 0 Å². The molecule has 4 aromatic rings. The van der Waals surface area contributed by atoms with Crippen molar-refractivity contribution >= 4 is 28.9 Å². The van der Waals surface area contributed by atoms with Crippen LogP contribution in [-0.4, -0.2) is 33.6 Å². The molecule has 0 amide bonds. The van der Waals surface area contributed by atoms with Crippen LogP contribution in [-0.2, 0) is 6.42 Å². The number of aromatic amines is 1. The molecule has 32 heavy (non-hydrogen) atoms. The van der Waals surface area contributed by atoms with E-state index in [2.05, 4.69) is 44.5 Å². The molecule has 6 nitrogen and oxygen atoms in total. The Morgan fingerprint density at radius 2 is 2.00 bits per heavy atom. The third kappa shape index (κ3) is 5.15. The lowest BCUT2D eigenvalue weighted by molar-refractivity contribution is 0.287. The topological polar surface area (TPSA) is 88.8 Å². The number of ether oxygens (including phenoxy) is 1. The second-order valence-electron chi connectivity index (χ2n) is 8.32. The van der Waals surface area contributed by atoms with Gasteiger partial charge in [-0.3, -0.25) is 4.98 Å². The van der Waals surface area contributed by atoms with E-state index in [1.165, 1.54) is 23.8 Å². The Hall–Kier alpha value is -3.64. The molecule has 3 heterocycles. The Balaban J connectivity index is 1.18. The van der Waals surface area contributed by atoms with Crippen LogP contribution in [0.3, 0.4) is 0 Å². The minimum absolute atomic E-state index is 0.109. The van der Waals surface area contributed by atoms with Crippen LogP contribution >= 0.6 is 0 Å². The lowest BCUT2D eigenvalue weighted by atomic mass is 10.1. The first kappa shape index (κ1) is 20.3. The highest BCUT2D eigenvalue weighted by Crippen LogP contribution is 2.24. The third-order valence-electron chi connectivity index (χ3n) is 5.54. The first-order valence-electron chi connectivity index (χ1n) is 11.0. The molecule has 1 saturated carbocycles. The number of pyridine rings is 2. The Labute approximate surface area is 187 Å². The molecular weight excluding hydrogens is 398 g/mol. The third-order valence-corrected chi connectivity index (χ3v) is 5.54. The zero-order valence-electron chi connectivity index (χ0n) is 17.9. The first-order chi connectivity index (χ1) is 15.7. The second kappa shape index (κ2) is 9.24. The molecule has 0 bridgehead atoms. The van der Waals surface area contributed by atoms with Crippen molar-refractivity contribution in [2.45, 2.75) is 31.3 Å². The number of rotatable bonds is 9. The quantitative estimate of drug-likeness (QED) is 0.363. The smallest absolute Gasteiger partial charge is 0.138 e. The summed E-state index contributed by atoms with van der Waals surface area (Å²) in [4.78, 5) is 12.0. The van der Waals surface area contributed by atoms with Crippen molar-refractivity contribution in [3.05, 3.63) is 83.9 Å². The van der Waals surface area contributed by atoms with Crippen molar-refractivity contribution in [1.29, 1.82) is 0 Å². The molecule has 1 atom stereocenters. The first-order valence-corrected chi connectivity index (χ1v) is 11.0. The molecular formula is C26H27N5O. The molecule has 6 heteroatoms. The standard InChI is InChI=1S/C26H27N5O/c27-21(13-20-15-30-25-4-2-1-3-24(20)25)17-32-23-11-19(14-28-16-23)6-5-18-9-10-29-26(12-18)31-22-7-8-22/h1-6,9-12,14-16,21-22,30H,7-8,13,17,27H2,(H,29,31)/t21-/m0/s1. The number of hydrogen-bond acceptors (Lipinski definition) is 5. The Bertz CT molecular complexity index is 1230. The number of fused-ring (bicyclic) bond motifs is 1. The number of nitrogens with two attached hydrogens (primary N) is 1. The number of para-hydroxylation sites is 1. The Morgan fingerprint density at radius 3 is 2.91 bits per heavy atom. The van der Waals surface area contributed by atoms with Crippen LogP contribution in [0, 0.1) is 0 Å². The van der Waals surface area contributed by atoms with Gasteiger partial charge in [-0.1, -0.05) is 30.4 Å². The van der Waals surface area contributed by atoms with Gasteiger partial charge in [-0.25, -0.2) is 4.98 Å². The molecule has 0 unspecified atom stereocenters. The molecule has 3 aromatic heterocycles. The predicted molar refractivity (Wildman–Crippen MR) is 130 cm³/mol. The number of nitrogens with one attached hydrogen (secondary N) is 2. The summed E-state index contributed by atoms with van der Waals surface area (Å²) in [5, 5.41) is 4.64. The van der Waals surface area contributed by atoms with E-state index in [4.69, 9.17) is 10.5 Å². The van der Waals surface area contributed by atoms with Crippen molar-refractivity contribution in [3.8, 4) is 5.75 Å². The van der Waals surface area contributed by atoms with E-state index in [0.29, 0.717) is 18.4 Å². The summed E-state index contributed by atoms with van der Waals surface area (Å²) >= 11 is 0. The average Bonchev–Trinajstić information content (AvgIpc) is 3.55. The minimum Gasteiger partial charge on any atom is -0.490 e. The molecule has 5 rings (SSSR count). The van der Waals surface area contributed by atoms with Crippen LogP contribution in [0.15, 0.2) is 67.3 Å². The molecule has 1 aliphatic carbocycles. The van der Waals surface area contributed by atoms with E-state index in [1.807, 2.05) is 48.9 Å². The summed E-state index contributed by atoms with van der Waals surface area (Å²) < 4.78 is 5.94. The summed E-state index contributed by atoms with van der Waals surface area (Å²) in [6.45, 7) is 0.426. The molecule has 0 radical (unpaired) electrons. The second-order valence-corrected chi connectivity index (χ2v) is 8.32. The lowest BCUT2D eigenvalue weighted by Crippen LogP contribution is -2.30. The molecule has 1 fully saturated rings. The fourth-order valence-corrected chi connectivity index (χ4v) is 3.71. The molecule has 0 saturated heterocycles. The Morgan fingerprint density at radius 1 is 1.12 bits per heavy atom. The van der Waals surface area contributed by atoms with E-state index in [9.17, 15) is 0 Å². The zero-order chi connectivity index (χ0) is 21.8. The summed E-state index contributed by atoms with van der Waals surface area (Å²) in [7, 11) is 0. The zero-order valence-corrected chi connectivity index (χ0v) is 17.9. The van der Waals surface area contributed by atoms with Gasteiger partial charge in [0, 0.05) is 41.6 Å². The van der Waals surface area contributed by atoms with E-state index >= 15 is 0 Å². The number of nitrogens with zero attached hydrogens (tertiary/aromatic N) is 2. The van der Waals surface area contributed by atoms with Crippen molar-refractivity contribution in [2.24, 2.45) is 5.73 Å². The molecule has 1 aliphatic rings.